The first-order valence-corrected chi connectivity index (χ1v) is 11.2. The number of nitrogens with one attached hydrogen (secondary N) is 1. The molecule has 0 aliphatic heterocycles. The molecule has 1 fully saturated rings. The number of ether oxygens (including phenoxy) is 2. The highest BCUT2D eigenvalue weighted by molar-refractivity contribution is 5.70. The van der Waals surface area contributed by atoms with Gasteiger partial charge in [0.15, 0.2) is 5.76 Å². The Kier molecular flexibility index (Phi) is 8.14. The second-order valence-corrected chi connectivity index (χ2v) is 8.71. The molecule has 1 aromatic carbocycles. The van der Waals surface area contributed by atoms with Crippen molar-refractivity contribution >= 4 is 12.1 Å². The molecule has 1 aliphatic carbocycles. The van der Waals surface area contributed by atoms with Crippen LogP contribution in [0.4, 0.5) is 4.79 Å². The van der Waals surface area contributed by atoms with Crippen molar-refractivity contribution in [1.29, 1.82) is 0 Å². The summed E-state index contributed by atoms with van der Waals surface area (Å²) in [4.78, 5) is 23.2. The highest BCUT2D eigenvalue weighted by atomic mass is 16.5. The summed E-state index contributed by atoms with van der Waals surface area (Å²) in [6.07, 6.45) is 3.21. The first kappa shape index (κ1) is 23.6. The number of aliphatic carboxylic acids is 1. The van der Waals surface area contributed by atoms with Crippen molar-refractivity contribution in [3.05, 3.63) is 35.5 Å². The molecule has 2 aromatic rings. The number of aromatic nitrogens is 1. The fourth-order valence-corrected chi connectivity index (χ4v) is 3.78. The highest BCUT2D eigenvalue weighted by Crippen LogP contribution is 2.31. The Labute approximate surface area is 188 Å². The van der Waals surface area contributed by atoms with E-state index in [0.29, 0.717) is 42.6 Å². The molecular formula is C24H32N2O6. The molecule has 3 rings (SSSR count). The van der Waals surface area contributed by atoms with Crippen LogP contribution < -0.4 is 10.1 Å². The lowest BCUT2D eigenvalue weighted by atomic mass is 9.87. The van der Waals surface area contributed by atoms with Gasteiger partial charge >= 0.3 is 12.1 Å². The number of hydrogen-bond acceptors (Lipinski definition) is 6. The zero-order valence-electron chi connectivity index (χ0n) is 18.9. The van der Waals surface area contributed by atoms with E-state index in [4.69, 9.17) is 14.0 Å². The van der Waals surface area contributed by atoms with Gasteiger partial charge < -0.3 is 24.4 Å². The van der Waals surface area contributed by atoms with Crippen molar-refractivity contribution < 1.29 is 28.7 Å². The summed E-state index contributed by atoms with van der Waals surface area (Å²) in [7, 11) is 0. The summed E-state index contributed by atoms with van der Waals surface area (Å²) < 4.78 is 16.7. The molecule has 0 unspecified atom stereocenters. The van der Waals surface area contributed by atoms with Crippen LogP contribution in [-0.4, -0.2) is 35.0 Å². The molecular weight excluding hydrogens is 412 g/mol. The van der Waals surface area contributed by atoms with Crippen LogP contribution in [0.25, 0.3) is 11.3 Å². The van der Waals surface area contributed by atoms with Gasteiger partial charge in [-0.2, -0.15) is 0 Å². The molecule has 1 heterocycles. The molecule has 8 heteroatoms. The van der Waals surface area contributed by atoms with Gasteiger partial charge in [-0.25, -0.2) is 4.79 Å². The van der Waals surface area contributed by atoms with Gasteiger partial charge in [-0.05, 0) is 69.2 Å². The number of carboxylic acids is 1. The monoisotopic (exact) mass is 444 g/mol. The van der Waals surface area contributed by atoms with Crippen LogP contribution >= 0.6 is 0 Å². The zero-order chi connectivity index (χ0) is 23.1. The number of amides is 1. The van der Waals surface area contributed by atoms with Gasteiger partial charge in [0, 0.05) is 11.1 Å². The van der Waals surface area contributed by atoms with Crippen LogP contribution in [0.5, 0.6) is 5.75 Å². The third-order valence-corrected chi connectivity index (χ3v) is 5.72. The predicted molar refractivity (Wildman–Crippen MR) is 118 cm³/mol. The molecule has 1 aliphatic rings. The Hall–Kier alpha value is -3.03. The van der Waals surface area contributed by atoms with E-state index in [9.17, 15) is 14.7 Å². The summed E-state index contributed by atoms with van der Waals surface area (Å²) in [5.74, 6) is 0.657. The molecule has 8 nitrogen and oxygen atoms in total. The maximum absolute atomic E-state index is 11.9. The van der Waals surface area contributed by atoms with Crippen molar-refractivity contribution in [1.82, 2.24) is 10.5 Å². The van der Waals surface area contributed by atoms with Gasteiger partial charge in [-0.15, -0.1) is 0 Å². The van der Waals surface area contributed by atoms with Crippen molar-refractivity contribution in [2.24, 2.45) is 11.8 Å². The molecule has 0 spiro atoms. The Balaban J connectivity index is 1.59. The average molecular weight is 445 g/mol. The lowest BCUT2D eigenvalue weighted by Crippen LogP contribution is -2.29. The van der Waals surface area contributed by atoms with Crippen molar-refractivity contribution in [2.75, 3.05) is 6.61 Å². The number of carbonyl (C=O) groups excluding carboxylic acids is 1. The Morgan fingerprint density at radius 2 is 2.00 bits per heavy atom. The fourth-order valence-electron chi connectivity index (χ4n) is 3.78. The van der Waals surface area contributed by atoms with Crippen molar-refractivity contribution in [3.63, 3.8) is 0 Å². The van der Waals surface area contributed by atoms with E-state index in [1.54, 1.807) is 0 Å². The molecule has 1 aromatic heterocycles. The molecule has 0 bridgehead atoms. The largest absolute Gasteiger partial charge is 0.490 e. The number of carbonyl (C=O) groups is 2. The zero-order valence-corrected chi connectivity index (χ0v) is 18.9. The van der Waals surface area contributed by atoms with Crippen LogP contribution in [0.15, 0.2) is 28.8 Å². The standard InChI is InChI=1S/C24H32N2O6/c1-15(2)11-12-30-24(29)25-14-21-16(3)26-32-22(21)17-7-9-19(10-8-17)31-20-6-4-5-18(13-20)23(27)28/h7-10,15,18,20H,4-6,11-14H2,1-3H3,(H,25,29)(H,27,28)/t18-,20-/m1/s1. The number of benzene rings is 1. The summed E-state index contributed by atoms with van der Waals surface area (Å²) in [6, 6.07) is 7.43. The summed E-state index contributed by atoms with van der Waals surface area (Å²) >= 11 is 0. The number of carboxylic acid groups (broad SMARTS) is 1. The quantitative estimate of drug-likeness (QED) is 0.563. The van der Waals surface area contributed by atoms with Gasteiger partial charge in [-0.1, -0.05) is 19.0 Å². The van der Waals surface area contributed by atoms with Crippen LogP contribution in [0.3, 0.4) is 0 Å². The fraction of sp³-hybridized carbons (Fsp3) is 0.542. The van der Waals surface area contributed by atoms with E-state index < -0.39 is 12.1 Å². The number of hydrogen-bond donors (Lipinski definition) is 2. The van der Waals surface area contributed by atoms with Gasteiger partial charge in [0.1, 0.15) is 5.75 Å². The molecule has 0 saturated heterocycles. The molecule has 1 amide bonds. The highest BCUT2D eigenvalue weighted by Gasteiger charge is 2.28. The molecule has 1 saturated carbocycles. The van der Waals surface area contributed by atoms with E-state index >= 15 is 0 Å². The van der Waals surface area contributed by atoms with Crippen LogP contribution in [0.2, 0.25) is 0 Å². The first-order valence-electron chi connectivity index (χ1n) is 11.2. The van der Waals surface area contributed by atoms with Gasteiger partial charge in [0.2, 0.25) is 0 Å². The molecule has 174 valence electrons. The number of alkyl carbamates (subject to hydrolysis) is 1. The summed E-state index contributed by atoms with van der Waals surface area (Å²) in [6.45, 7) is 6.61. The normalized spacial score (nSPS) is 18.4. The first-order chi connectivity index (χ1) is 15.3. The molecule has 0 radical (unpaired) electrons. The lowest BCUT2D eigenvalue weighted by Gasteiger charge is -2.27. The van der Waals surface area contributed by atoms with Crippen molar-refractivity contribution in [3.8, 4) is 17.1 Å². The van der Waals surface area contributed by atoms with Crippen LogP contribution in [0, 0.1) is 18.8 Å². The predicted octanol–water partition coefficient (Wildman–Crippen LogP) is 4.94. The van der Waals surface area contributed by atoms with E-state index in [1.807, 2.05) is 31.2 Å². The second-order valence-electron chi connectivity index (χ2n) is 8.71. The SMILES string of the molecule is Cc1noc(-c2ccc(O[C@@H]3CCC[C@@H](C(=O)O)C3)cc2)c1CNC(=O)OCCC(C)C. The molecule has 2 N–H and O–H groups in total. The van der Waals surface area contributed by atoms with Crippen molar-refractivity contribution in [2.45, 2.75) is 65.5 Å². The maximum atomic E-state index is 11.9. The Morgan fingerprint density at radius 1 is 1.25 bits per heavy atom. The Bertz CT molecular complexity index is 906. The molecule has 2 atom stereocenters. The Morgan fingerprint density at radius 3 is 2.69 bits per heavy atom. The maximum Gasteiger partial charge on any atom is 0.407 e. The smallest absolute Gasteiger partial charge is 0.407 e. The van der Waals surface area contributed by atoms with Gasteiger partial charge in [0.25, 0.3) is 0 Å². The van der Waals surface area contributed by atoms with E-state index in [0.717, 1.165) is 30.4 Å². The van der Waals surface area contributed by atoms with Gasteiger partial charge in [-0.3, -0.25) is 4.79 Å². The third kappa shape index (κ3) is 6.48. The number of rotatable bonds is 9. The topological polar surface area (TPSA) is 111 Å². The van der Waals surface area contributed by atoms with E-state index in [2.05, 4.69) is 24.3 Å². The van der Waals surface area contributed by atoms with E-state index in [-0.39, 0.29) is 18.6 Å². The summed E-state index contributed by atoms with van der Waals surface area (Å²) in [5, 5.41) is 16.0. The summed E-state index contributed by atoms with van der Waals surface area (Å²) in [5.41, 5.74) is 2.30. The van der Waals surface area contributed by atoms with Crippen LogP contribution in [0.1, 0.15) is 57.2 Å². The van der Waals surface area contributed by atoms with E-state index in [1.165, 1.54) is 0 Å². The minimum atomic E-state index is -0.751. The minimum absolute atomic E-state index is 0.0929. The number of aryl methyl sites for hydroxylation is 1. The van der Waals surface area contributed by atoms with Gasteiger partial charge in [0.05, 0.1) is 30.9 Å². The number of nitrogens with zero attached hydrogens (tertiary/aromatic N) is 1. The average Bonchev–Trinajstić information content (AvgIpc) is 3.13. The molecule has 32 heavy (non-hydrogen) atoms. The lowest BCUT2D eigenvalue weighted by molar-refractivity contribution is -0.143. The third-order valence-electron chi connectivity index (χ3n) is 5.72. The van der Waals surface area contributed by atoms with Crippen LogP contribution in [-0.2, 0) is 16.1 Å². The minimum Gasteiger partial charge on any atom is -0.490 e. The second kappa shape index (κ2) is 11.0.